The van der Waals surface area contributed by atoms with E-state index in [0.29, 0.717) is 12.2 Å². The molecule has 0 aromatic carbocycles. The maximum Gasteiger partial charge on any atom is 0.0814 e. The van der Waals surface area contributed by atoms with Gasteiger partial charge in [-0.3, -0.25) is 0 Å². The van der Waals surface area contributed by atoms with Crippen LogP contribution < -0.4 is 0 Å². The summed E-state index contributed by atoms with van der Waals surface area (Å²) in [6.45, 7) is 7.61. The van der Waals surface area contributed by atoms with Gasteiger partial charge in [-0.25, -0.2) is 0 Å². The number of hydrogen-bond acceptors (Lipinski definition) is 3. The van der Waals surface area contributed by atoms with E-state index in [-0.39, 0.29) is 0 Å². The molecule has 0 aromatic rings. The maximum absolute atomic E-state index is 5.87. The Morgan fingerprint density at radius 3 is 1.76 bits per heavy atom. The molecule has 0 aromatic heterocycles. The van der Waals surface area contributed by atoms with Crippen LogP contribution in [0.25, 0.3) is 0 Å². The van der Waals surface area contributed by atoms with Crippen LogP contribution in [0.15, 0.2) is 0 Å². The second kappa shape index (κ2) is 9.86. The van der Waals surface area contributed by atoms with Crippen LogP contribution in [0.4, 0.5) is 0 Å². The number of unbranched alkanes of at least 4 members (excludes halogenated alkanes) is 2. The lowest BCUT2D eigenvalue weighted by atomic mass is 10.2. The van der Waals surface area contributed by atoms with Crippen LogP contribution in [0.5, 0.6) is 0 Å². The van der Waals surface area contributed by atoms with Gasteiger partial charge in [0, 0.05) is 13.2 Å². The molecule has 1 aliphatic rings. The summed E-state index contributed by atoms with van der Waals surface area (Å²) in [6, 6.07) is 0. The lowest BCUT2D eigenvalue weighted by Crippen LogP contribution is -2.20. The van der Waals surface area contributed by atoms with Gasteiger partial charge in [0.1, 0.15) is 0 Å². The summed E-state index contributed by atoms with van der Waals surface area (Å²) in [7, 11) is 0. The highest BCUT2D eigenvalue weighted by molar-refractivity contribution is 4.73. The molecule has 0 radical (unpaired) electrons. The van der Waals surface area contributed by atoms with Crippen LogP contribution in [0, 0.1) is 0 Å². The van der Waals surface area contributed by atoms with Gasteiger partial charge >= 0.3 is 0 Å². The van der Waals surface area contributed by atoms with Gasteiger partial charge in [-0.1, -0.05) is 26.7 Å². The zero-order valence-electron chi connectivity index (χ0n) is 11.5. The molecule has 0 amide bonds. The van der Waals surface area contributed by atoms with Gasteiger partial charge in [-0.05, 0) is 25.7 Å². The minimum Gasteiger partial charge on any atom is -0.379 e. The number of ether oxygens (including phenoxy) is 3. The Hall–Kier alpha value is -0.120. The molecule has 0 N–H and O–H groups in total. The third kappa shape index (κ3) is 7.02. The average Bonchev–Trinajstić information content (AvgIpc) is 2.78. The lowest BCUT2D eigenvalue weighted by Gasteiger charge is -2.14. The fourth-order valence-corrected chi connectivity index (χ4v) is 1.95. The Balaban J connectivity index is 1.95. The smallest absolute Gasteiger partial charge is 0.0814 e. The molecular weight excluding hydrogens is 216 g/mol. The average molecular weight is 244 g/mol. The molecule has 0 bridgehead atoms. The zero-order chi connectivity index (χ0) is 12.3. The summed E-state index contributed by atoms with van der Waals surface area (Å²) in [6.07, 6.45) is 7.52. The van der Waals surface area contributed by atoms with E-state index in [1.807, 2.05) is 0 Å². The van der Waals surface area contributed by atoms with Crippen molar-refractivity contribution in [3.05, 3.63) is 0 Å². The van der Waals surface area contributed by atoms with E-state index in [1.165, 1.54) is 12.8 Å². The molecule has 1 heterocycles. The Kier molecular flexibility index (Phi) is 8.67. The van der Waals surface area contributed by atoms with E-state index in [4.69, 9.17) is 14.2 Å². The van der Waals surface area contributed by atoms with E-state index >= 15 is 0 Å². The number of rotatable bonds is 10. The second-order valence-corrected chi connectivity index (χ2v) is 4.81. The Morgan fingerprint density at radius 2 is 1.35 bits per heavy atom. The van der Waals surface area contributed by atoms with E-state index in [2.05, 4.69) is 13.8 Å². The SMILES string of the molecule is CCCCOCC1CCC(COCCCC)O1. The van der Waals surface area contributed by atoms with Crippen LogP contribution in [0.2, 0.25) is 0 Å². The van der Waals surface area contributed by atoms with Gasteiger partial charge in [0.05, 0.1) is 25.4 Å². The highest BCUT2D eigenvalue weighted by atomic mass is 16.6. The molecule has 3 heteroatoms. The van der Waals surface area contributed by atoms with Crippen molar-refractivity contribution in [1.29, 1.82) is 0 Å². The molecule has 17 heavy (non-hydrogen) atoms. The summed E-state index contributed by atoms with van der Waals surface area (Å²) in [5.41, 5.74) is 0. The normalized spacial score (nSPS) is 24.4. The standard InChI is InChI=1S/C14H28O3/c1-3-5-9-15-11-13-7-8-14(17-13)12-16-10-6-4-2/h13-14H,3-12H2,1-2H3. The van der Waals surface area contributed by atoms with Crippen molar-refractivity contribution in [2.75, 3.05) is 26.4 Å². The lowest BCUT2D eigenvalue weighted by molar-refractivity contribution is -0.0458. The summed E-state index contributed by atoms with van der Waals surface area (Å²) in [5.74, 6) is 0. The van der Waals surface area contributed by atoms with Crippen LogP contribution in [0.3, 0.4) is 0 Å². The largest absolute Gasteiger partial charge is 0.379 e. The molecule has 1 saturated heterocycles. The van der Waals surface area contributed by atoms with Gasteiger partial charge in [0.2, 0.25) is 0 Å². The molecule has 2 unspecified atom stereocenters. The first-order valence-corrected chi connectivity index (χ1v) is 7.17. The first-order valence-electron chi connectivity index (χ1n) is 7.17. The van der Waals surface area contributed by atoms with Gasteiger partial charge in [0.25, 0.3) is 0 Å². The molecule has 1 aliphatic heterocycles. The predicted octanol–water partition coefficient (Wildman–Crippen LogP) is 3.17. The van der Waals surface area contributed by atoms with Gasteiger partial charge in [0.15, 0.2) is 0 Å². The number of hydrogen-bond donors (Lipinski definition) is 0. The van der Waals surface area contributed by atoms with Gasteiger partial charge in [-0.2, -0.15) is 0 Å². The van der Waals surface area contributed by atoms with Crippen LogP contribution in [-0.4, -0.2) is 38.6 Å². The van der Waals surface area contributed by atoms with Crippen molar-refractivity contribution < 1.29 is 14.2 Å². The fourth-order valence-electron chi connectivity index (χ4n) is 1.95. The first kappa shape index (κ1) is 14.9. The van der Waals surface area contributed by atoms with Crippen molar-refractivity contribution in [3.8, 4) is 0 Å². The van der Waals surface area contributed by atoms with Crippen LogP contribution in [-0.2, 0) is 14.2 Å². The summed E-state index contributed by atoms with van der Waals surface area (Å²) in [4.78, 5) is 0. The van der Waals surface area contributed by atoms with Crippen LogP contribution >= 0.6 is 0 Å². The molecule has 1 rings (SSSR count). The molecule has 0 aliphatic carbocycles. The highest BCUT2D eigenvalue weighted by Crippen LogP contribution is 2.20. The molecule has 0 spiro atoms. The highest BCUT2D eigenvalue weighted by Gasteiger charge is 2.25. The van der Waals surface area contributed by atoms with Crippen LogP contribution in [0.1, 0.15) is 52.4 Å². The third-order valence-electron chi connectivity index (χ3n) is 3.09. The van der Waals surface area contributed by atoms with E-state index in [1.54, 1.807) is 0 Å². The fraction of sp³-hybridized carbons (Fsp3) is 1.00. The minimum absolute atomic E-state index is 0.298. The summed E-state index contributed by atoms with van der Waals surface area (Å²) < 4.78 is 17.0. The molecular formula is C14H28O3. The van der Waals surface area contributed by atoms with Crippen molar-refractivity contribution in [3.63, 3.8) is 0 Å². The van der Waals surface area contributed by atoms with E-state index in [9.17, 15) is 0 Å². The topological polar surface area (TPSA) is 27.7 Å². The molecule has 1 fully saturated rings. The van der Waals surface area contributed by atoms with Crippen molar-refractivity contribution in [2.24, 2.45) is 0 Å². The van der Waals surface area contributed by atoms with Crippen molar-refractivity contribution in [2.45, 2.75) is 64.6 Å². The van der Waals surface area contributed by atoms with Gasteiger partial charge in [-0.15, -0.1) is 0 Å². The second-order valence-electron chi connectivity index (χ2n) is 4.81. The Bertz CT molecular complexity index is 155. The molecule has 0 saturated carbocycles. The maximum atomic E-state index is 5.87. The monoisotopic (exact) mass is 244 g/mol. The van der Waals surface area contributed by atoms with Crippen molar-refractivity contribution in [1.82, 2.24) is 0 Å². The Labute approximate surface area is 106 Å². The quantitative estimate of drug-likeness (QED) is 0.552. The summed E-state index contributed by atoms with van der Waals surface area (Å²) in [5, 5.41) is 0. The molecule has 102 valence electrons. The third-order valence-corrected chi connectivity index (χ3v) is 3.09. The van der Waals surface area contributed by atoms with Crippen molar-refractivity contribution >= 4 is 0 Å². The van der Waals surface area contributed by atoms with E-state index < -0.39 is 0 Å². The molecule has 2 atom stereocenters. The minimum atomic E-state index is 0.298. The van der Waals surface area contributed by atoms with Gasteiger partial charge < -0.3 is 14.2 Å². The Morgan fingerprint density at radius 1 is 0.882 bits per heavy atom. The molecule has 3 nitrogen and oxygen atoms in total. The van der Waals surface area contributed by atoms with E-state index in [0.717, 1.165) is 52.1 Å². The first-order chi connectivity index (χ1) is 8.36. The summed E-state index contributed by atoms with van der Waals surface area (Å²) >= 11 is 0. The predicted molar refractivity (Wildman–Crippen MR) is 69.3 cm³/mol. The zero-order valence-corrected chi connectivity index (χ0v) is 11.5.